The third-order valence-corrected chi connectivity index (χ3v) is 2.96. The Kier molecular flexibility index (Phi) is 4.41. The third-order valence-electron chi connectivity index (χ3n) is 2.14. The molecule has 0 spiro atoms. The molecule has 0 aromatic heterocycles. The van der Waals surface area contributed by atoms with Crippen LogP contribution in [0.25, 0.3) is 0 Å². The summed E-state index contributed by atoms with van der Waals surface area (Å²) >= 11 is 3.21. The van der Waals surface area contributed by atoms with Crippen molar-refractivity contribution in [2.24, 2.45) is 0 Å². The lowest BCUT2D eigenvalue weighted by Gasteiger charge is -2.05. The maximum atomic E-state index is 10.8. The van der Waals surface area contributed by atoms with Crippen LogP contribution in [0.2, 0.25) is 0 Å². The van der Waals surface area contributed by atoms with Crippen molar-refractivity contribution in [2.75, 3.05) is 5.32 Å². The highest BCUT2D eigenvalue weighted by Gasteiger charge is 2.14. The molecule has 0 radical (unpaired) electrons. The van der Waals surface area contributed by atoms with Gasteiger partial charge in [-0.15, -0.1) is 0 Å². The number of anilines is 1. The third kappa shape index (κ3) is 3.06. The summed E-state index contributed by atoms with van der Waals surface area (Å²) in [5, 5.41) is 30.6. The van der Waals surface area contributed by atoms with E-state index in [1.54, 1.807) is 25.1 Å². The summed E-state index contributed by atoms with van der Waals surface area (Å²) in [4.78, 5) is 10.3. The molecule has 0 atom stereocenters. The Hall–Kier alpha value is -2.38. The van der Waals surface area contributed by atoms with Crippen molar-refractivity contribution in [3.05, 3.63) is 44.1 Å². The number of halogens is 1. The van der Waals surface area contributed by atoms with Crippen molar-refractivity contribution < 1.29 is 4.92 Å². The lowest BCUT2D eigenvalue weighted by Crippen LogP contribution is -1.96. The van der Waals surface area contributed by atoms with Gasteiger partial charge >= 0.3 is 0 Å². The van der Waals surface area contributed by atoms with Crippen LogP contribution in [0.1, 0.15) is 5.56 Å². The first-order chi connectivity index (χ1) is 8.49. The van der Waals surface area contributed by atoms with Crippen molar-refractivity contribution in [1.29, 1.82) is 10.5 Å². The molecule has 1 aromatic rings. The Morgan fingerprint density at radius 3 is 2.61 bits per heavy atom. The molecule has 0 saturated heterocycles. The fourth-order valence-corrected chi connectivity index (χ4v) is 1.63. The Balaban J connectivity index is 3.14. The normalized spacial score (nSPS) is 8.89. The summed E-state index contributed by atoms with van der Waals surface area (Å²) in [5.74, 6) is 0. The van der Waals surface area contributed by atoms with Crippen LogP contribution < -0.4 is 5.32 Å². The Bertz CT molecular complexity index is 595. The summed E-state index contributed by atoms with van der Waals surface area (Å²) in [6.07, 6.45) is 1.20. The van der Waals surface area contributed by atoms with Gasteiger partial charge in [-0.25, -0.2) is 0 Å². The number of hydrogen-bond acceptors (Lipinski definition) is 5. The van der Waals surface area contributed by atoms with E-state index in [0.29, 0.717) is 15.7 Å². The number of nitriles is 2. The highest BCUT2D eigenvalue weighted by Crippen LogP contribution is 2.30. The van der Waals surface area contributed by atoms with Gasteiger partial charge in [0.1, 0.15) is 17.7 Å². The number of hydrogen-bond donors (Lipinski definition) is 1. The molecule has 18 heavy (non-hydrogen) atoms. The zero-order valence-electron chi connectivity index (χ0n) is 9.27. The molecule has 7 heteroatoms. The highest BCUT2D eigenvalue weighted by molar-refractivity contribution is 9.10. The van der Waals surface area contributed by atoms with Crippen LogP contribution >= 0.6 is 15.9 Å². The molecule has 0 heterocycles. The minimum atomic E-state index is -0.496. The number of nitro groups is 1. The highest BCUT2D eigenvalue weighted by atomic mass is 79.9. The van der Waals surface area contributed by atoms with Gasteiger partial charge in [-0.05, 0) is 13.0 Å². The molecule has 0 aliphatic rings. The van der Waals surface area contributed by atoms with E-state index in [4.69, 9.17) is 10.5 Å². The van der Waals surface area contributed by atoms with Gasteiger partial charge in [0, 0.05) is 28.0 Å². The summed E-state index contributed by atoms with van der Waals surface area (Å²) in [7, 11) is 0. The van der Waals surface area contributed by atoms with Gasteiger partial charge in [0.25, 0.3) is 5.69 Å². The molecule has 0 aliphatic carbocycles. The fraction of sp³-hybridized carbons (Fsp3) is 0.0909. The van der Waals surface area contributed by atoms with Crippen LogP contribution in [0.5, 0.6) is 0 Å². The van der Waals surface area contributed by atoms with Gasteiger partial charge in [-0.1, -0.05) is 15.9 Å². The number of rotatable bonds is 3. The van der Waals surface area contributed by atoms with Gasteiger partial charge in [0.15, 0.2) is 0 Å². The first-order valence-corrected chi connectivity index (χ1v) is 5.50. The largest absolute Gasteiger partial charge is 0.360 e. The number of allylic oxidation sites excluding steroid dienone is 1. The van der Waals surface area contributed by atoms with E-state index in [1.807, 2.05) is 0 Å². The molecule has 0 bridgehead atoms. The molecule has 1 aromatic carbocycles. The Morgan fingerprint density at radius 2 is 2.11 bits per heavy atom. The standard InChI is InChI=1S/C11H7BrN4O2/c1-7-10(12)2-9(3-11(7)16(17)18)15-6-8(4-13)5-14/h2-3,6,15H,1H3. The maximum Gasteiger partial charge on any atom is 0.275 e. The number of nitrogens with zero attached hydrogens (tertiary/aromatic N) is 3. The van der Waals surface area contributed by atoms with Crippen molar-refractivity contribution in [3.63, 3.8) is 0 Å². The zero-order valence-corrected chi connectivity index (χ0v) is 10.9. The SMILES string of the molecule is Cc1c(Br)cc(NC=C(C#N)C#N)cc1[N+](=O)[O-]. The van der Waals surface area contributed by atoms with Crippen molar-refractivity contribution >= 4 is 27.3 Å². The number of benzene rings is 1. The van der Waals surface area contributed by atoms with Crippen LogP contribution in [-0.4, -0.2) is 4.92 Å². The van der Waals surface area contributed by atoms with Gasteiger partial charge < -0.3 is 5.32 Å². The predicted molar refractivity (Wildman–Crippen MR) is 68.5 cm³/mol. The molecule has 1 N–H and O–H groups in total. The Labute approximate surface area is 111 Å². The smallest absolute Gasteiger partial charge is 0.275 e. The van der Waals surface area contributed by atoms with Gasteiger partial charge in [-0.2, -0.15) is 10.5 Å². The van der Waals surface area contributed by atoms with Crippen molar-refractivity contribution in [1.82, 2.24) is 0 Å². The molecule has 0 fully saturated rings. The second kappa shape index (κ2) is 5.80. The lowest BCUT2D eigenvalue weighted by atomic mass is 10.2. The zero-order chi connectivity index (χ0) is 13.7. The molecule has 6 nitrogen and oxygen atoms in total. The van der Waals surface area contributed by atoms with Crippen molar-refractivity contribution in [3.8, 4) is 12.1 Å². The minimum absolute atomic E-state index is 0.0456. The average molecular weight is 307 g/mol. The van der Waals surface area contributed by atoms with Crippen LogP contribution in [0.4, 0.5) is 11.4 Å². The number of nitro benzene ring substituents is 1. The quantitative estimate of drug-likeness (QED) is 0.525. The van der Waals surface area contributed by atoms with E-state index >= 15 is 0 Å². The van der Waals surface area contributed by atoms with Crippen LogP contribution in [0.15, 0.2) is 28.4 Å². The number of nitrogens with one attached hydrogen (secondary N) is 1. The molecule has 1 rings (SSSR count). The monoisotopic (exact) mass is 306 g/mol. The lowest BCUT2D eigenvalue weighted by molar-refractivity contribution is -0.385. The molecule has 0 unspecified atom stereocenters. The molecule has 0 amide bonds. The van der Waals surface area contributed by atoms with E-state index < -0.39 is 4.92 Å². The molecular weight excluding hydrogens is 300 g/mol. The first-order valence-electron chi connectivity index (χ1n) is 4.71. The van der Waals surface area contributed by atoms with Crippen LogP contribution in [0.3, 0.4) is 0 Å². The molecule has 0 aliphatic heterocycles. The molecular formula is C11H7BrN4O2. The van der Waals surface area contributed by atoms with Gasteiger partial charge in [-0.3, -0.25) is 10.1 Å². The summed E-state index contributed by atoms with van der Waals surface area (Å²) < 4.78 is 0.572. The van der Waals surface area contributed by atoms with Crippen LogP contribution in [0, 0.1) is 39.7 Å². The molecule has 0 saturated carbocycles. The van der Waals surface area contributed by atoms with E-state index in [9.17, 15) is 10.1 Å². The van der Waals surface area contributed by atoms with Gasteiger partial charge in [0.05, 0.1) is 4.92 Å². The Morgan fingerprint density at radius 1 is 1.50 bits per heavy atom. The maximum absolute atomic E-state index is 10.8. The second-order valence-electron chi connectivity index (χ2n) is 3.29. The summed E-state index contributed by atoms with van der Waals surface area (Å²) in [6, 6.07) is 6.32. The van der Waals surface area contributed by atoms with E-state index in [1.165, 1.54) is 12.3 Å². The minimum Gasteiger partial charge on any atom is -0.360 e. The topological polar surface area (TPSA) is 103 Å². The molecule has 90 valence electrons. The summed E-state index contributed by atoms with van der Waals surface area (Å²) in [6.45, 7) is 1.62. The predicted octanol–water partition coefficient (Wildman–Crippen LogP) is 3.01. The fourth-order valence-electron chi connectivity index (χ4n) is 1.18. The summed E-state index contributed by atoms with van der Waals surface area (Å²) in [5.41, 5.74) is 0.766. The first kappa shape index (κ1) is 13.7. The average Bonchev–Trinajstić information content (AvgIpc) is 2.34. The second-order valence-corrected chi connectivity index (χ2v) is 4.14. The van der Waals surface area contributed by atoms with E-state index in [2.05, 4.69) is 21.2 Å². The van der Waals surface area contributed by atoms with E-state index in [-0.39, 0.29) is 11.3 Å². The van der Waals surface area contributed by atoms with E-state index in [0.717, 1.165) is 0 Å². The van der Waals surface area contributed by atoms with Crippen LogP contribution in [-0.2, 0) is 0 Å². The van der Waals surface area contributed by atoms with Gasteiger partial charge in [0.2, 0.25) is 0 Å². The van der Waals surface area contributed by atoms with Crippen molar-refractivity contribution in [2.45, 2.75) is 6.92 Å².